The SMILES string of the molecule is C=CCN(CCO)c1ncc([N+](=O)[O-])cc1Cl. The van der Waals surface area contributed by atoms with Crippen molar-refractivity contribution in [3.05, 3.63) is 40.1 Å². The molecule has 0 aliphatic rings. The highest BCUT2D eigenvalue weighted by Crippen LogP contribution is 2.26. The molecule has 0 unspecified atom stereocenters. The number of aromatic nitrogens is 1. The Morgan fingerprint density at radius 3 is 2.88 bits per heavy atom. The quantitative estimate of drug-likeness (QED) is 0.476. The van der Waals surface area contributed by atoms with Crippen LogP contribution in [-0.4, -0.2) is 34.7 Å². The summed E-state index contributed by atoms with van der Waals surface area (Å²) in [4.78, 5) is 15.6. The monoisotopic (exact) mass is 257 g/mol. The summed E-state index contributed by atoms with van der Waals surface area (Å²) in [5.74, 6) is 0.395. The minimum absolute atomic E-state index is 0.0666. The summed E-state index contributed by atoms with van der Waals surface area (Å²) in [6, 6.07) is 1.23. The number of pyridine rings is 1. The van der Waals surface area contributed by atoms with Crippen molar-refractivity contribution in [2.24, 2.45) is 0 Å². The van der Waals surface area contributed by atoms with Gasteiger partial charge in [-0.25, -0.2) is 4.98 Å². The van der Waals surface area contributed by atoms with E-state index in [-0.39, 0.29) is 17.3 Å². The number of nitrogens with zero attached hydrogens (tertiary/aromatic N) is 3. The van der Waals surface area contributed by atoms with Crippen LogP contribution in [0, 0.1) is 10.1 Å². The molecule has 0 aliphatic heterocycles. The van der Waals surface area contributed by atoms with Gasteiger partial charge in [0.15, 0.2) is 0 Å². The summed E-state index contributed by atoms with van der Waals surface area (Å²) in [7, 11) is 0. The molecule has 1 aromatic rings. The number of aliphatic hydroxyl groups excluding tert-OH is 1. The van der Waals surface area contributed by atoms with E-state index in [1.807, 2.05) is 0 Å². The Morgan fingerprint density at radius 2 is 2.41 bits per heavy atom. The number of nitro groups is 1. The van der Waals surface area contributed by atoms with Crippen molar-refractivity contribution < 1.29 is 10.0 Å². The second kappa shape index (κ2) is 6.17. The maximum Gasteiger partial charge on any atom is 0.289 e. The van der Waals surface area contributed by atoms with E-state index in [0.717, 1.165) is 6.20 Å². The van der Waals surface area contributed by atoms with Crippen LogP contribution in [0.4, 0.5) is 11.5 Å². The lowest BCUT2D eigenvalue weighted by molar-refractivity contribution is -0.385. The maximum atomic E-state index is 10.5. The van der Waals surface area contributed by atoms with Gasteiger partial charge in [0.1, 0.15) is 12.0 Å². The Hall–Kier alpha value is -1.66. The van der Waals surface area contributed by atoms with Gasteiger partial charge >= 0.3 is 0 Å². The zero-order valence-corrected chi connectivity index (χ0v) is 9.80. The maximum absolute atomic E-state index is 10.5. The van der Waals surface area contributed by atoms with E-state index in [2.05, 4.69) is 11.6 Å². The Balaban J connectivity index is 3.03. The molecular weight excluding hydrogens is 246 g/mol. The molecule has 0 radical (unpaired) electrons. The Kier molecular flexibility index (Phi) is 4.86. The molecule has 6 nitrogen and oxygen atoms in total. The molecule has 1 heterocycles. The molecule has 7 heteroatoms. The molecule has 1 aromatic heterocycles. The van der Waals surface area contributed by atoms with Gasteiger partial charge in [-0.05, 0) is 0 Å². The van der Waals surface area contributed by atoms with Crippen LogP contribution in [0.15, 0.2) is 24.9 Å². The van der Waals surface area contributed by atoms with Crippen LogP contribution in [-0.2, 0) is 0 Å². The molecule has 1 N–H and O–H groups in total. The van der Waals surface area contributed by atoms with Gasteiger partial charge in [0, 0.05) is 19.2 Å². The molecule has 0 amide bonds. The molecule has 0 aliphatic carbocycles. The standard InChI is InChI=1S/C10H12ClN3O3/c1-2-3-13(4-5-15)10-9(11)6-8(7-12-10)14(16)17/h2,6-7,15H,1,3-5H2. The summed E-state index contributed by atoms with van der Waals surface area (Å²) < 4.78 is 0. The van der Waals surface area contributed by atoms with E-state index >= 15 is 0 Å². The van der Waals surface area contributed by atoms with Crippen molar-refractivity contribution >= 4 is 23.1 Å². The van der Waals surface area contributed by atoms with Crippen molar-refractivity contribution in [3.8, 4) is 0 Å². The number of rotatable bonds is 6. The lowest BCUT2D eigenvalue weighted by Crippen LogP contribution is -2.27. The second-order valence-electron chi connectivity index (χ2n) is 3.21. The third-order valence-electron chi connectivity index (χ3n) is 2.04. The van der Waals surface area contributed by atoms with Crippen LogP contribution in [0.2, 0.25) is 5.02 Å². The second-order valence-corrected chi connectivity index (χ2v) is 3.62. The first-order chi connectivity index (χ1) is 8.10. The van der Waals surface area contributed by atoms with Crippen LogP contribution in [0.3, 0.4) is 0 Å². The van der Waals surface area contributed by atoms with E-state index in [1.54, 1.807) is 11.0 Å². The summed E-state index contributed by atoms with van der Waals surface area (Å²) >= 11 is 5.92. The number of anilines is 1. The minimum Gasteiger partial charge on any atom is -0.395 e. The predicted molar refractivity (Wildman–Crippen MR) is 65.4 cm³/mol. The van der Waals surface area contributed by atoms with Crippen LogP contribution in [0.25, 0.3) is 0 Å². The summed E-state index contributed by atoms with van der Waals surface area (Å²) in [6.07, 6.45) is 2.77. The highest BCUT2D eigenvalue weighted by molar-refractivity contribution is 6.33. The molecule has 0 atom stereocenters. The Labute approximate surface area is 103 Å². The number of aliphatic hydroxyl groups is 1. The first-order valence-electron chi connectivity index (χ1n) is 4.86. The van der Waals surface area contributed by atoms with E-state index < -0.39 is 4.92 Å². The number of halogens is 1. The molecule has 0 saturated heterocycles. The van der Waals surface area contributed by atoms with Crippen LogP contribution in [0.1, 0.15) is 0 Å². The molecule has 0 spiro atoms. The first-order valence-corrected chi connectivity index (χ1v) is 5.24. The molecule has 92 valence electrons. The van der Waals surface area contributed by atoms with Crippen LogP contribution >= 0.6 is 11.6 Å². The highest BCUT2D eigenvalue weighted by atomic mass is 35.5. The fourth-order valence-electron chi connectivity index (χ4n) is 1.31. The van der Waals surface area contributed by atoms with Gasteiger partial charge in [-0.2, -0.15) is 0 Å². The molecule has 0 saturated carbocycles. The van der Waals surface area contributed by atoms with E-state index in [4.69, 9.17) is 16.7 Å². The fraction of sp³-hybridized carbons (Fsp3) is 0.300. The molecule has 0 bridgehead atoms. The normalized spacial score (nSPS) is 10.0. The van der Waals surface area contributed by atoms with Gasteiger partial charge in [-0.3, -0.25) is 10.1 Å². The largest absolute Gasteiger partial charge is 0.395 e. The van der Waals surface area contributed by atoms with E-state index in [1.165, 1.54) is 6.07 Å². The molecule has 17 heavy (non-hydrogen) atoms. The molecule has 1 rings (SSSR count). The Morgan fingerprint density at radius 1 is 1.71 bits per heavy atom. The van der Waals surface area contributed by atoms with E-state index in [0.29, 0.717) is 18.9 Å². The Bertz CT molecular complexity index is 425. The lowest BCUT2D eigenvalue weighted by atomic mass is 10.3. The zero-order valence-electron chi connectivity index (χ0n) is 9.04. The molecule has 0 fully saturated rings. The zero-order chi connectivity index (χ0) is 12.8. The molecule has 0 aromatic carbocycles. The fourth-order valence-corrected chi connectivity index (χ4v) is 1.59. The van der Waals surface area contributed by atoms with Crippen molar-refractivity contribution in [3.63, 3.8) is 0 Å². The van der Waals surface area contributed by atoms with Gasteiger partial charge < -0.3 is 10.0 Å². The summed E-state index contributed by atoms with van der Waals surface area (Å²) in [5.41, 5.74) is -0.165. The van der Waals surface area contributed by atoms with Crippen molar-refractivity contribution in [1.29, 1.82) is 0 Å². The molecular formula is C10H12ClN3O3. The van der Waals surface area contributed by atoms with Crippen molar-refractivity contribution in [1.82, 2.24) is 4.98 Å². The third-order valence-corrected chi connectivity index (χ3v) is 2.32. The number of hydrogen-bond acceptors (Lipinski definition) is 5. The topological polar surface area (TPSA) is 79.5 Å². The van der Waals surface area contributed by atoms with Gasteiger partial charge in [-0.15, -0.1) is 6.58 Å². The van der Waals surface area contributed by atoms with Crippen molar-refractivity contribution in [2.45, 2.75) is 0 Å². The minimum atomic E-state index is -0.563. The van der Waals surface area contributed by atoms with Gasteiger partial charge in [0.05, 0.1) is 16.6 Å². The van der Waals surface area contributed by atoms with Gasteiger partial charge in [0.25, 0.3) is 5.69 Å². The first kappa shape index (κ1) is 13.4. The third kappa shape index (κ3) is 3.40. The highest BCUT2D eigenvalue weighted by Gasteiger charge is 2.15. The van der Waals surface area contributed by atoms with Gasteiger partial charge in [-0.1, -0.05) is 17.7 Å². The van der Waals surface area contributed by atoms with Crippen molar-refractivity contribution in [2.75, 3.05) is 24.6 Å². The smallest absolute Gasteiger partial charge is 0.289 e. The number of hydrogen-bond donors (Lipinski definition) is 1. The predicted octanol–water partition coefficient (Wildman–Crippen LogP) is 1.63. The van der Waals surface area contributed by atoms with E-state index in [9.17, 15) is 10.1 Å². The average molecular weight is 258 g/mol. The summed E-state index contributed by atoms with van der Waals surface area (Å²) in [6.45, 7) is 4.29. The summed E-state index contributed by atoms with van der Waals surface area (Å²) in [5, 5.41) is 19.6. The van der Waals surface area contributed by atoms with Crippen LogP contribution in [0.5, 0.6) is 0 Å². The van der Waals surface area contributed by atoms with Crippen LogP contribution < -0.4 is 4.90 Å². The van der Waals surface area contributed by atoms with Gasteiger partial charge in [0.2, 0.25) is 0 Å². The lowest BCUT2D eigenvalue weighted by Gasteiger charge is -2.21. The average Bonchev–Trinajstić information content (AvgIpc) is 2.28.